The van der Waals surface area contributed by atoms with Gasteiger partial charge in [0.25, 0.3) is 0 Å². The maximum Gasteiger partial charge on any atom is 0.304 e. The van der Waals surface area contributed by atoms with E-state index in [1.54, 1.807) is 24.3 Å². The number of nitrogens with two attached hydrogens (primary N) is 1. The number of anilines is 2. The molecular formula is C15H18N4O2S. The van der Waals surface area contributed by atoms with E-state index < -0.39 is 10.2 Å². The first-order chi connectivity index (χ1) is 10.6. The van der Waals surface area contributed by atoms with Crippen molar-refractivity contribution >= 4 is 21.6 Å². The Morgan fingerprint density at radius 1 is 1.00 bits per heavy atom. The van der Waals surface area contributed by atoms with Crippen molar-refractivity contribution in [1.82, 2.24) is 4.31 Å². The molecule has 0 radical (unpaired) electrons. The SMILES string of the molecule is NNc1ccc(N2CCN(Cc3ccccc3)S2(=O)=O)cc1. The molecule has 1 heterocycles. The summed E-state index contributed by atoms with van der Waals surface area (Å²) in [6.07, 6.45) is 0. The Kier molecular flexibility index (Phi) is 4.02. The molecule has 3 N–H and O–H groups in total. The molecule has 0 atom stereocenters. The van der Waals surface area contributed by atoms with Crippen molar-refractivity contribution in [1.29, 1.82) is 0 Å². The molecule has 0 saturated carbocycles. The van der Waals surface area contributed by atoms with Gasteiger partial charge in [-0.15, -0.1) is 0 Å². The minimum Gasteiger partial charge on any atom is -0.324 e. The molecule has 7 heteroatoms. The molecule has 0 unspecified atom stereocenters. The Bertz CT molecular complexity index is 732. The number of hydrogen-bond donors (Lipinski definition) is 2. The van der Waals surface area contributed by atoms with Crippen LogP contribution in [0.15, 0.2) is 54.6 Å². The third kappa shape index (κ3) is 2.78. The predicted octanol–water partition coefficient (Wildman–Crippen LogP) is 1.54. The zero-order valence-electron chi connectivity index (χ0n) is 12.0. The molecule has 1 aliphatic heterocycles. The topological polar surface area (TPSA) is 78.7 Å². The lowest BCUT2D eigenvalue weighted by atomic mass is 10.2. The van der Waals surface area contributed by atoms with Crippen molar-refractivity contribution < 1.29 is 8.42 Å². The van der Waals surface area contributed by atoms with Crippen molar-refractivity contribution in [2.24, 2.45) is 5.84 Å². The largest absolute Gasteiger partial charge is 0.324 e. The summed E-state index contributed by atoms with van der Waals surface area (Å²) in [4.78, 5) is 0. The highest BCUT2D eigenvalue weighted by molar-refractivity contribution is 7.90. The average molecular weight is 318 g/mol. The molecule has 0 aliphatic carbocycles. The van der Waals surface area contributed by atoms with Gasteiger partial charge < -0.3 is 5.43 Å². The van der Waals surface area contributed by atoms with E-state index in [4.69, 9.17) is 5.84 Å². The van der Waals surface area contributed by atoms with E-state index in [2.05, 4.69) is 5.43 Å². The normalized spacial score (nSPS) is 17.6. The van der Waals surface area contributed by atoms with Crippen LogP contribution in [0.5, 0.6) is 0 Å². The van der Waals surface area contributed by atoms with Gasteiger partial charge in [-0.3, -0.25) is 10.1 Å². The molecule has 0 amide bonds. The van der Waals surface area contributed by atoms with Gasteiger partial charge in [-0.05, 0) is 29.8 Å². The summed E-state index contributed by atoms with van der Waals surface area (Å²) in [5.74, 6) is 5.32. The van der Waals surface area contributed by atoms with Crippen LogP contribution in [-0.4, -0.2) is 25.8 Å². The van der Waals surface area contributed by atoms with Crippen molar-refractivity contribution in [3.05, 3.63) is 60.2 Å². The quantitative estimate of drug-likeness (QED) is 0.662. The first-order valence-electron chi connectivity index (χ1n) is 7.00. The van der Waals surface area contributed by atoms with E-state index in [-0.39, 0.29) is 0 Å². The van der Waals surface area contributed by atoms with Crippen molar-refractivity contribution in [3.63, 3.8) is 0 Å². The van der Waals surface area contributed by atoms with Gasteiger partial charge in [-0.25, -0.2) is 0 Å². The Labute approximate surface area is 130 Å². The summed E-state index contributed by atoms with van der Waals surface area (Å²) < 4.78 is 28.3. The van der Waals surface area contributed by atoms with Gasteiger partial charge in [0.15, 0.2) is 0 Å². The zero-order valence-corrected chi connectivity index (χ0v) is 12.8. The summed E-state index contributed by atoms with van der Waals surface area (Å²) in [5.41, 5.74) is 4.90. The Hall–Kier alpha value is -2.09. The third-order valence-corrected chi connectivity index (χ3v) is 5.60. The van der Waals surface area contributed by atoms with E-state index in [1.165, 1.54) is 8.61 Å². The van der Waals surface area contributed by atoms with Gasteiger partial charge in [0.1, 0.15) is 0 Å². The fourth-order valence-electron chi connectivity index (χ4n) is 2.51. The number of rotatable bonds is 4. The Morgan fingerprint density at radius 2 is 1.68 bits per heavy atom. The third-order valence-electron chi connectivity index (χ3n) is 3.68. The molecule has 3 rings (SSSR count). The van der Waals surface area contributed by atoms with E-state index in [1.807, 2.05) is 30.3 Å². The minimum absolute atomic E-state index is 0.391. The summed E-state index contributed by atoms with van der Waals surface area (Å²) in [6, 6.07) is 16.6. The molecule has 2 aromatic rings. The van der Waals surface area contributed by atoms with E-state index in [0.717, 1.165) is 11.3 Å². The first kappa shape index (κ1) is 14.8. The van der Waals surface area contributed by atoms with Crippen LogP contribution in [0.2, 0.25) is 0 Å². The molecular weight excluding hydrogens is 300 g/mol. The molecule has 116 valence electrons. The Balaban J connectivity index is 1.81. The fraction of sp³-hybridized carbons (Fsp3) is 0.200. The second kappa shape index (κ2) is 5.96. The Morgan fingerprint density at radius 3 is 2.32 bits per heavy atom. The number of benzene rings is 2. The molecule has 22 heavy (non-hydrogen) atoms. The van der Waals surface area contributed by atoms with Gasteiger partial charge in [0.05, 0.1) is 5.69 Å². The maximum atomic E-state index is 12.7. The smallest absolute Gasteiger partial charge is 0.304 e. The molecule has 6 nitrogen and oxygen atoms in total. The minimum atomic E-state index is -3.48. The van der Waals surface area contributed by atoms with Gasteiger partial charge in [-0.1, -0.05) is 30.3 Å². The van der Waals surface area contributed by atoms with Crippen molar-refractivity contribution in [3.8, 4) is 0 Å². The van der Waals surface area contributed by atoms with Crippen LogP contribution < -0.4 is 15.6 Å². The standard InChI is InChI=1S/C15H18N4O2S/c16-17-14-6-8-15(9-7-14)19-11-10-18(22(19,20)21)12-13-4-2-1-3-5-13/h1-9,17H,10-12,16H2. The van der Waals surface area contributed by atoms with Crippen molar-refractivity contribution in [2.75, 3.05) is 22.8 Å². The lowest BCUT2D eigenvalue weighted by Gasteiger charge is -2.20. The summed E-state index contributed by atoms with van der Waals surface area (Å²) in [5, 5.41) is 0. The van der Waals surface area contributed by atoms with Crippen molar-refractivity contribution in [2.45, 2.75) is 6.54 Å². The summed E-state index contributed by atoms with van der Waals surface area (Å²) >= 11 is 0. The van der Waals surface area contributed by atoms with Gasteiger partial charge in [-0.2, -0.15) is 12.7 Å². The van der Waals surface area contributed by atoms with Crippen LogP contribution in [0.25, 0.3) is 0 Å². The molecule has 2 aromatic carbocycles. The summed E-state index contributed by atoms with van der Waals surface area (Å²) in [6.45, 7) is 1.32. The number of hydrazine groups is 1. The lowest BCUT2D eigenvalue weighted by molar-refractivity contribution is 0.446. The zero-order chi connectivity index (χ0) is 15.6. The number of nitrogens with zero attached hydrogens (tertiary/aromatic N) is 2. The van der Waals surface area contributed by atoms with Crippen LogP contribution in [0.1, 0.15) is 5.56 Å². The highest BCUT2D eigenvalue weighted by Crippen LogP contribution is 2.27. The maximum absolute atomic E-state index is 12.7. The number of nitrogens with one attached hydrogen (secondary N) is 1. The number of nitrogen functional groups attached to an aromatic ring is 1. The van der Waals surface area contributed by atoms with Gasteiger partial charge >= 0.3 is 10.2 Å². The predicted molar refractivity (Wildman–Crippen MR) is 87.4 cm³/mol. The highest BCUT2D eigenvalue weighted by Gasteiger charge is 2.36. The molecule has 0 aromatic heterocycles. The second-order valence-electron chi connectivity index (χ2n) is 5.09. The van der Waals surface area contributed by atoms with E-state index >= 15 is 0 Å². The molecule has 0 spiro atoms. The molecule has 0 bridgehead atoms. The van der Waals surface area contributed by atoms with Crippen LogP contribution >= 0.6 is 0 Å². The molecule has 1 fully saturated rings. The van der Waals surface area contributed by atoms with Crippen LogP contribution in [0.3, 0.4) is 0 Å². The lowest BCUT2D eigenvalue weighted by Crippen LogP contribution is -2.32. The van der Waals surface area contributed by atoms with Gasteiger partial charge in [0, 0.05) is 25.3 Å². The molecule has 1 saturated heterocycles. The summed E-state index contributed by atoms with van der Waals surface area (Å²) in [7, 11) is -3.48. The second-order valence-corrected chi connectivity index (χ2v) is 6.94. The molecule has 1 aliphatic rings. The highest BCUT2D eigenvalue weighted by atomic mass is 32.2. The van der Waals surface area contributed by atoms with Gasteiger partial charge in [0.2, 0.25) is 0 Å². The van der Waals surface area contributed by atoms with Crippen LogP contribution in [-0.2, 0) is 16.8 Å². The average Bonchev–Trinajstić information content (AvgIpc) is 2.83. The number of hydrogen-bond acceptors (Lipinski definition) is 4. The monoisotopic (exact) mass is 318 g/mol. The fourth-order valence-corrected chi connectivity index (χ4v) is 4.11. The van der Waals surface area contributed by atoms with E-state index in [9.17, 15) is 8.42 Å². The van der Waals surface area contributed by atoms with Crippen LogP contribution in [0, 0.1) is 0 Å². The van der Waals surface area contributed by atoms with Crippen LogP contribution in [0.4, 0.5) is 11.4 Å². The van der Waals surface area contributed by atoms with E-state index in [0.29, 0.717) is 25.3 Å². The first-order valence-corrected chi connectivity index (χ1v) is 8.39.